The molecule has 0 radical (unpaired) electrons. The van der Waals surface area contributed by atoms with Crippen LogP contribution in [0.5, 0.6) is 0 Å². The van der Waals surface area contributed by atoms with Gasteiger partial charge in [0.15, 0.2) is 0 Å². The average Bonchev–Trinajstić information content (AvgIpc) is 2.12. The lowest BCUT2D eigenvalue weighted by Crippen LogP contribution is -1.71. The van der Waals surface area contributed by atoms with Gasteiger partial charge < -0.3 is 5.32 Å². The van der Waals surface area contributed by atoms with Crippen LogP contribution in [0.3, 0.4) is 0 Å². The Morgan fingerprint density at radius 2 is 2.60 bits per heavy atom. The summed E-state index contributed by atoms with van der Waals surface area (Å²) in [5.74, 6) is 0. The third kappa shape index (κ3) is 0.407. The Morgan fingerprint density at radius 1 is 2.00 bits per heavy atom. The Kier molecular flexibility index (Phi) is 0.411. The molecular weight excluding hydrogens is 62.1 g/mol. The maximum Gasteiger partial charge on any atom is 0.0307 e. The van der Waals surface area contributed by atoms with Crippen LogP contribution in [0.2, 0.25) is 0 Å². The Bertz CT molecular complexity index is 64.0. The lowest BCUT2D eigenvalue weighted by atomic mass is 10.5. The zero-order valence-corrected chi connectivity index (χ0v) is 3.28. The maximum atomic E-state index is 2.98. The number of nitrogens with one attached hydrogen (secondary N) is 1. The van der Waals surface area contributed by atoms with Crippen molar-refractivity contribution < 1.29 is 0 Å². The van der Waals surface area contributed by atoms with Gasteiger partial charge in [-0.1, -0.05) is 6.92 Å². The fraction of sp³-hybridized carbons (Fsp3) is 0.500. The Labute approximate surface area is 31.7 Å². The van der Waals surface area contributed by atoms with Gasteiger partial charge in [-0.2, -0.15) is 0 Å². The van der Waals surface area contributed by atoms with Crippen LogP contribution in [0.15, 0.2) is 11.9 Å². The minimum atomic E-state index is 1.17. The topological polar surface area (TPSA) is 21.9 Å². The first-order valence-electron chi connectivity index (χ1n) is 1.89. The van der Waals surface area contributed by atoms with Gasteiger partial charge in [0.25, 0.3) is 0 Å². The molecule has 1 heteroatoms. The molecule has 0 saturated carbocycles. The molecule has 0 aromatic carbocycles. The van der Waals surface area contributed by atoms with Crippen molar-refractivity contribution >= 4 is 0 Å². The van der Waals surface area contributed by atoms with Gasteiger partial charge in [-0.3, -0.25) is 0 Å². The van der Waals surface area contributed by atoms with Crippen LogP contribution >= 0.6 is 0 Å². The van der Waals surface area contributed by atoms with E-state index in [0.717, 1.165) is 0 Å². The van der Waals surface area contributed by atoms with Crippen molar-refractivity contribution in [1.82, 2.24) is 5.32 Å². The summed E-state index contributed by atoms with van der Waals surface area (Å²) in [5.41, 5.74) is 1.38. The molecule has 0 aromatic heterocycles. The van der Waals surface area contributed by atoms with Crippen molar-refractivity contribution in [2.24, 2.45) is 0 Å². The summed E-state index contributed by atoms with van der Waals surface area (Å²) in [6.45, 7) is 2.13. The highest BCUT2D eigenvalue weighted by atomic mass is 15.0. The van der Waals surface area contributed by atoms with E-state index in [4.69, 9.17) is 0 Å². The van der Waals surface area contributed by atoms with Crippen LogP contribution in [-0.4, -0.2) is 0 Å². The summed E-state index contributed by atoms with van der Waals surface area (Å²) >= 11 is 0. The van der Waals surface area contributed by atoms with E-state index in [0.29, 0.717) is 0 Å². The first-order valence-corrected chi connectivity index (χ1v) is 1.89. The van der Waals surface area contributed by atoms with Crippen LogP contribution < -0.4 is 5.32 Å². The third-order valence-electron chi connectivity index (χ3n) is 0.729. The second-order valence-corrected chi connectivity index (χ2v) is 1.17. The van der Waals surface area contributed by atoms with Gasteiger partial charge in [-0.25, -0.2) is 0 Å². The molecule has 0 fully saturated rings. The molecule has 0 amide bonds. The quantitative estimate of drug-likeness (QED) is 0.484. The molecule has 0 aromatic rings. The minimum Gasteiger partial charge on any atom is -0.362 e. The largest absolute Gasteiger partial charge is 0.362 e. The van der Waals surface area contributed by atoms with Crippen LogP contribution in [0.1, 0.15) is 13.3 Å². The molecule has 0 unspecified atom stereocenters. The molecule has 1 heterocycles. The van der Waals surface area contributed by atoms with E-state index in [1.165, 1.54) is 12.1 Å². The van der Waals surface area contributed by atoms with E-state index < -0.39 is 0 Å². The SMILES string of the molecule is CCC1=CN1. The Balaban J connectivity index is 2.22. The van der Waals surface area contributed by atoms with Crippen molar-refractivity contribution in [3.05, 3.63) is 11.9 Å². The average molecular weight is 69.1 g/mol. The van der Waals surface area contributed by atoms with Crippen molar-refractivity contribution in [2.75, 3.05) is 0 Å². The second kappa shape index (κ2) is 0.744. The summed E-state index contributed by atoms with van der Waals surface area (Å²) in [6, 6.07) is 0. The smallest absolute Gasteiger partial charge is 0.0307 e. The summed E-state index contributed by atoms with van der Waals surface area (Å²) < 4.78 is 0. The predicted molar refractivity (Wildman–Crippen MR) is 21.5 cm³/mol. The summed E-state index contributed by atoms with van der Waals surface area (Å²) in [4.78, 5) is 0. The first kappa shape index (κ1) is 2.76. The number of rotatable bonds is 1. The van der Waals surface area contributed by atoms with Crippen molar-refractivity contribution in [3.63, 3.8) is 0 Å². The van der Waals surface area contributed by atoms with Crippen LogP contribution in [0.4, 0.5) is 0 Å². The molecule has 28 valence electrons. The van der Waals surface area contributed by atoms with Gasteiger partial charge in [-0.15, -0.1) is 0 Å². The highest BCUT2D eigenvalue weighted by molar-refractivity contribution is 5.14. The molecule has 0 bridgehead atoms. The molecule has 1 nitrogen and oxygen atoms in total. The van der Waals surface area contributed by atoms with E-state index in [-0.39, 0.29) is 0 Å². The van der Waals surface area contributed by atoms with Gasteiger partial charge in [0.2, 0.25) is 0 Å². The highest BCUT2D eigenvalue weighted by Gasteiger charge is 1.97. The van der Waals surface area contributed by atoms with Gasteiger partial charge in [0.1, 0.15) is 0 Å². The normalized spacial score (nSPS) is 16.6. The second-order valence-electron chi connectivity index (χ2n) is 1.17. The summed E-state index contributed by atoms with van der Waals surface area (Å²) in [5, 5.41) is 2.98. The lowest BCUT2D eigenvalue weighted by Gasteiger charge is -1.68. The van der Waals surface area contributed by atoms with E-state index in [2.05, 4.69) is 12.2 Å². The molecule has 0 saturated heterocycles. The number of hydrogen-bond acceptors (Lipinski definition) is 1. The van der Waals surface area contributed by atoms with E-state index in [9.17, 15) is 0 Å². The predicted octanol–water partition coefficient (Wildman–Crippen LogP) is 0.841. The summed E-state index contributed by atoms with van der Waals surface area (Å²) in [6.07, 6.45) is 3.18. The third-order valence-corrected chi connectivity index (χ3v) is 0.729. The van der Waals surface area contributed by atoms with Crippen molar-refractivity contribution in [3.8, 4) is 0 Å². The zero-order valence-electron chi connectivity index (χ0n) is 3.28. The van der Waals surface area contributed by atoms with Gasteiger partial charge in [0.05, 0.1) is 0 Å². The van der Waals surface area contributed by atoms with Crippen molar-refractivity contribution in [1.29, 1.82) is 0 Å². The van der Waals surface area contributed by atoms with E-state index in [1.807, 2.05) is 6.20 Å². The Hall–Kier alpha value is -0.460. The molecule has 1 aliphatic rings. The number of hydrogen-bond donors (Lipinski definition) is 1. The van der Waals surface area contributed by atoms with E-state index >= 15 is 0 Å². The Morgan fingerprint density at radius 3 is 2.60 bits per heavy atom. The molecule has 1 aliphatic heterocycles. The van der Waals surface area contributed by atoms with Gasteiger partial charge >= 0.3 is 0 Å². The lowest BCUT2D eigenvalue weighted by molar-refractivity contribution is 1.10. The molecule has 0 atom stereocenters. The molecule has 0 aliphatic carbocycles. The molecule has 0 spiro atoms. The minimum absolute atomic E-state index is 1.17. The number of allylic oxidation sites excluding steroid dienone is 1. The van der Waals surface area contributed by atoms with Crippen LogP contribution in [-0.2, 0) is 0 Å². The standard InChI is InChI=1S/C4H7N/c1-2-4-3-5-4/h3,5H,2H2,1H3. The fourth-order valence-corrected chi connectivity index (χ4v) is 0.255. The summed E-state index contributed by atoms with van der Waals surface area (Å²) in [7, 11) is 0. The van der Waals surface area contributed by atoms with E-state index in [1.54, 1.807) is 0 Å². The zero-order chi connectivity index (χ0) is 3.70. The van der Waals surface area contributed by atoms with Gasteiger partial charge in [-0.05, 0) is 6.42 Å². The molecule has 1 rings (SSSR count). The van der Waals surface area contributed by atoms with Crippen LogP contribution in [0.25, 0.3) is 0 Å². The maximum absolute atomic E-state index is 2.98. The monoisotopic (exact) mass is 69.1 g/mol. The molecule has 5 heavy (non-hydrogen) atoms. The highest BCUT2D eigenvalue weighted by Crippen LogP contribution is 2.03. The van der Waals surface area contributed by atoms with Gasteiger partial charge in [0, 0.05) is 11.9 Å². The first-order chi connectivity index (χ1) is 2.43. The molecular formula is C4H7N. The van der Waals surface area contributed by atoms with Crippen molar-refractivity contribution in [2.45, 2.75) is 13.3 Å². The van der Waals surface area contributed by atoms with Crippen LogP contribution in [0, 0.1) is 0 Å². The fourth-order valence-electron chi connectivity index (χ4n) is 0.255. The molecule has 1 N–H and O–H groups in total.